The van der Waals surface area contributed by atoms with Crippen molar-refractivity contribution in [2.75, 3.05) is 4.90 Å². The Morgan fingerprint density at radius 3 is 1.13 bits per heavy atom. The lowest BCUT2D eigenvalue weighted by atomic mass is 9.86. The summed E-state index contributed by atoms with van der Waals surface area (Å²) in [5, 5.41) is 4.90. The molecule has 13 aromatic rings. The first-order chi connectivity index (χ1) is 37.4. The Labute approximate surface area is 449 Å². The first kappa shape index (κ1) is 47.3. The third-order valence-corrected chi connectivity index (χ3v) is 15.0. The van der Waals surface area contributed by atoms with Crippen LogP contribution in [0.2, 0.25) is 0 Å². The molecule has 0 fully saturated rings. The topological polar surface area (TPSA) is 64.7 Å². The van der Waals surface area contributed by atoms with Crippen LogP contribution >= 0.6 is 0 Å². The Morgan fingerprint density at radius 2 is 0.688 bits per heavy atom. The van der Waals surface area contributed by atoms with Crippen molar-refractivity contribution < 1.29 is 0 Å². The molecular weight excluding hydrogens is 939 g/mol. The first-order valence-electron chi connectivity index (χ1n) is 26.4. The fourth-order valence-electron chi connectivity index (χ4n) is 10.9. The number of aromatic nitrogens is 6. The summed E-state index contributed by atoms with van der Waals surface area (Å²) in [5.41, 5.74) is 17.2. The Balaban J connectivity index is 1.06. The number of hydrogen-bond acceptors (Lipinski definition) is 5. The molecular formula is C70H57N7. The molecule has 372 valence electrons. The highest BCUT2D eigenvalue weighted by atomic mass is 15.2. The third-order valence-electron chi connectivity index (χ3n) is 15.0. The zero-order chi connectivity index (χ0) is 52.4. The van der Waals surface area contributed by atoms with Crippen LogP contribution in [0, 0.1) is 0 Å². The second-order valence-electron chi connectivity index (χ2n) is 22.1. The lowest BCUT2D eigenvalue weighted by Crippen LogP contribution is -2.12. The van der Waals surface area contributed by atoms with Crippen molar-refractivity contribution in [3.8, 4) is 56.7 Å². The number of hydrogen-bond donors (Lipinski definition) is 0. The van der Waals surface area contributed by atoms with Crippen molar-refractivity contribution in [1.29, 1.82) is 0 Å². The quantitative estimate of drug-likeness (QED) is 0.144. The van der Waals surface area contributed by atoms with E-state index in [1.807, 2.05) is 73.1 Å². The van der Waals surface area contributed by atoms with E-state index in [4.69, 9.17) is 15.0 Å². The molecule has 0 aliphatic heterocycles. The molecule has 0 saturated carbocycles. The van der Waals surface area contributed by atoms with E-state index in [1.165, 1.54) is 32.7 Å². The van der Waals surface area contributed by atoms with Crippen LogP contribution in [0.25, 0.3) is 100 Å². The van der Waals surface area contributed by atoms with Gasteiger partial charge in [-0.15, -0.1) is 0 Å². The van der Waals surface area contributed by atoms with Gasteiger partial charge in [0.25, 0.3) is 0 Å². The van der Waals surface area contributed by atoms with Gasteiger partial charge in [-0.25, -0.2) is 15.0 Å². The predicted octanol–water partition coefficient (Wildman–Crippen LogP) is 18.2. The Morgan fingerprint density at radius 1 is 0.312 bits per heavy atom. The van der Waals surface area contributed by atoms with Gasteiger partial charge < -0.3 is 14.0 Å². The van der Waals surface area contributed by atoms with Crippen molar-refractivity contribution in [1.82, 2.24) is 29.1 Å². The van der Waals surface area contributed by atoms with Crippen LogP contribution < -0.4 is 4.90 Å². The normalized spacial score (nSPS) is 12.0. The fourth-order valence-corrected chi connectivity index (χ4v) is 10.9. The van der Waals surface area contributed by atoms with Gasteiger partial charge in [0.1, 0.15) is 0 Å². The van der Waals surface area contributed by atoms with Crippen LogP contribution in [0.5, 0.6) is 0 Å². The second-order valence-corrected chi connectivity index (χ2v) is 22.1. The molecule has 0 bridgehead atoms. The maximum Gasteiger partial charge on any atom is 0.164 e. The number of benzene rings is 9. The minimum atomic E-state index is -0.0191. The smallest absolute Gasteiger partial charge is 0.164 e. The molecule has 7 nitrogen and oxygen atoms in total. The van der Waals surface area contributed by atoms with Crippen LogP contribution in [0.1, 0.15) is 52.7 Å². The largest absolute Gasteiger partial charge is 0.310 e. The van der Waals surface area contributed by atoms with Crippen LogP contribution in [0.15, 0.2) is 237 Å². The molecule has 4 heterocycles. The Bertz CT molecular complexity index is 4110. The van der Waals surface area contributed by atoms with E-state index in [2.05, 4.69) is 224 Å². The summed E-state index contributed by atoms with van der Waals surface area (Å²) in [7, 11) is 0. The highest BCUT2D eigenvalue weighted by Gasteiger charge is 2.24. The van der Waals surface area contributed by atoms with Crippen molar-refractivity contribution in [3.05, 3.63) is 248 Å². The molecule has 9 aromatic carbocycles. The molecule has 4 aromatic heterocycles. The zero-order valence-electron chi connectivity index (χ0n) is 44.1. The van der Waals surface area contributed by atoms with Gasteiger partial charge in [0, 0.05) is 62.0 Å². The van der Waals surface area contributed by atoms with E-state index < -0.39 is 0 Å². The number of nitrogens with zero attached hydrogens (tertiary/aromatic N) is 7. The summed E-state index contributed by atoms with van der Waals surface area (Å²) in [6, 6.07) is 80.7. The van der Waals surface area contributed by atoms with Crippen molar-refractivity contribution in [3.63, 3.8) is 0 Å². The Kier molecular flexibility index (Phi) is 11.5. The summed E-state index contributed by atoms with van der Waals surface area (Å²) in [4.78, 5) is 21.9. The van der Waals surface area contributed by atoms with Crippen molar-refractivity contribution >= 4 is 60.7 Å². The van der Waals surface area contributed by atoms with Crippen molar-refractivity contribution in [2.45, 2.75) is 52.4 Å². The number of rotatable bonds is 9. The maximum atomic E-state index is 5.10. The van der Waals surface area contributed by atoms with E-state index in [0.717, 1.165) is 78.3 Å². The van der Waals surface area contributed by atoms with Gasteiger partial charge in [-0.1, -0.05) is 163 Å². The summed E-state index contributed by atoms with van der Waals surface area (Å²) in [5.74, 6) is 1.85. The van der Waals surface area contributed by atoms with E-state index in [0.29, 0.717) is 17.5 Å². The fraction of sp³-hybridized carbons (Fsp3) is 0.114. The van der Waals surface area contributed by atoms with Crippen LogP contribution in [-0.2, 0) is 10.8 Å². The number of anilines is 3. The lowest BCUT2D eigenvalue weighted by molar-refractivity contribution is 0.591. The first-order valence-corrected chi connectivity index (χ1v) is 26.4. The Hall–Kier alpha value is -9.46. The average Bonchev–Trinajstić information content (AvgIpc) is 4.04. The van der Waals surface area contributed by atoms with E-state index in [1.54, 1.807) is 0 Å². The molecule has 7 heteroatoms. The molecule has 0 aliphatic rings. The summed E-state index contributed by atoms with van der Waals surface area (Å²) in [6.07, 6.45) is 3.69. The SMILES string of the molecule is CC(C)(C)c1ccc2c(c1)c1ccccc1n2-c1cc(N(c2ccc(-c3ccncc3)cc2)c2ccc(-c3nc(-c4ccccc4)nc(-c4ccccc4)n3)cc2)cc(-n2c3ccccc3c3cc(C(C)(C)C)ccc32)c1. The van der Waals surface area contributed by atoms with Gasteiger partial charge >= 0.3 is 0 Å². The molecule has 0 saturated heterocycles. The standard InChI is InChI=1S/C70H57N7/c1-69(2,3)51-29-35-64-60(41-51)58-21-13-15-23-62(58)76(64)56-43-55(44-57(45-56)77-63-24-16-14-22-59(63)61-42-52(70(4,5)6)30-36-65(61)77)75(53-31-25-46(26-32-53)47-37-39-71-40-38-47)54-33-27-50(28-34-54)68-73-66(48-17-9-7-10-18-48)72-67(74-68)49-19-11-8-12-20-49/h7-45H,1-6H3. The number of para-hydroxylation sites is 2. The molecule has 0 amide bonds. The third kappa shape index (κ3) is 8.70. The second kappa shape index (κ2) is 18.7. The minimum Gasteiger partial charge on any atom is -0.310 e. The number of pyridine rings is 1. The average molecular weight is 996 g/mol. The van der Waals surface area contributed by atoms with Gasteiger partial charge in [0.15, 0.2) is 17.5 Å². The van der Waals surface area contributed by atoms with Gasteiger partial charge in [0.05, 0.1) is 39.1 Å². The van der Waals surface area contributed by atoms with Crippen LogP contribution in [-0.4, -0.2) is 29.1 Å². The summed E-state index contributed by atoms with van der Waals surface area (Å²) >= 11 is 0. The van der Waals surface area contributed by atoms with Crippen LogP contribution in [0.4, 0.5) is 17.1 Å². The summed E-state index contributed by atoms with van der Waals surface area (Å²) in [6.45, 7) is 13.7. The highest BCUT2D eigenvalue weighted by Crippen LogP contribution is 2.43. The zero-order valence-corrected chi connectivity index (χ0v) is 44.1. The van der Waals surface area contributed by atoms with Gasteiger partial charge in [-0.2, -0.15) is 0 Å². The summed E-state index contributed by atoms with van der Waals surface area (Å²) < 4.78 is 4.91. The lowest BCUT2D eigenvalue weighted by Gasteiger charge is -2.28. The predicted molar refractivity (Wildman–Crippen MR) is 320 cm³/mol. The molecule has 0 spiro atoms. The molecule has 0 radical (unpaired) electrons. The minimum absolute atomic E-state index is 0.0191. The van der Waals surface area contributed by atoms with Crippen molar-refractivity contribution in [2.24, 2.45) is 0 Å². The number of fused-ring (bicyclic) bond motifs is 6. The van der Waals surface area contributed by atoms with E-state index >= 15 is 0 Å². The molecule has 0 atom stereocenters. The van der Waals surface area contributed by atoms with Gasteiger partial charge in [-0.05, 0) is 136 Å². The van der Waals surface area contributed by atoms with E-state index in [-0.39, 0.29) is 10.8 Å². The van der Waals surface area contributed by atoms with E-state index in [9.17, 15) is 0 Å². The highest BCUT2D eigenvalue weighted by molar-refractivity contribution is 6.11. The molecule has 0 aliphatic carbocycles. The maximum absolute atomic E-state index is 5.10. The van der Waals surface area contributed by atoms with Gasteiger partial charge in [-0.3, -0.25) is 4.98 Å². The monoisotopic (exact) mass is 995 g/mol. The molecule has 0 unspecified atom stereocenters. The molecule has 0 N–H and O–H groups in total. The van der Waals surface area contributed by atoms with Crippen LogP contribution in [0.3, 0.4) is 0 Å². The van der Waals surface area contributed by atoms with Gasteiger partial charge in [0.2, 0.25) is 0 Å². The molecule has 13 rings (SSSR count). The molecule has 77 heavy (non-hydrogen) atoms.